The van der Waals surface area contributed by atoms with Gasteiger partial charge in [-0.3, -0.25) is 4.98 Å². The Morgan fingerprint density at radius 1 is 1.14 bits per heavy atom. The van der Waals surface area contributed by atoms with E-state index in [9.17, 15) is 9.90 Å². The lowest BCUT2D eigenvalue weighted by atomic mass is 9.86. The largest absolute Gasteiger partial charge is 0.493 e. The van der Waals surface area contributed by atoms with Crippen molar-refractivity contribution in [2.24, 2.45) is 0 Å². The number of aromatic nitrogens is 1. The van der Waals surface area contributed by atoms with E-state index >= 15 is 0 Å². The first-order valence-corrected chi connectivity index (χ1v) is 9.62. The Morgan fingerprint density at radius 3 is 2.71 bits per heavy atom. The van der Waals surface area contributed by atoms with E-state index in [1.807, 2.05) is 0 Å². The van der Waals surface area contributed by atoms with Crippen LogP contribution in [0.3, 0.4) is 0 Å². The van der Waals surface area contributed by atoms with E-state index in [-0.39, 0.29) is 0 Å². The second-order valence-corrected chi connectivity index (χ2v) is 7.33. The quantitative estimate of drug-likeness (QED) is 0.663. The first kappa shape index (κ1) is 18.2. The predicted molar refractivity (Wildman–Crippen MR) is 109 cm³/mol. The number of pyridine rings is 1. The van der Waals surface area contributed by atoms with Gasteiger partial charge >= 0.3 is 5.97 Å². The number of hydrogen-bond acceptors (Lipinski definition) is 3. The number of carboxylic acid groups (broad SMARTS) is 1. The van der Waals surface area contributed by atoms with Crippen molar-refractivity contribution in [2.75, 3.05) is 6.61 Å². The Labute approximate surface area is 164 Å². The molecule has 2 heterocycles. The van der Waals surface area contributed by atoms with Crippen LogP contribution in [0.2, 0.25) is 0 Å². The van der Waals surface area contributed by atoms with Crippen LogP contribution in [0.25, 0.3) is 11.1 Å². The average Bonchev–Trinajstić information content (AvgIpc) is 2.72. The van der Waals surface area contributed by atoms with Crippen molar-refractivity contribution in [2.45, 2.75) is 32.1 Å². The van der Waals surface area contributed by atoms with E-state index in [2.05, 4.69) is 54.4 Å². The molecule has 1 N–H and O–H groups in total. The van der Waals surface area contributed by atoms with Crippen molar-refractivity contribution in [1.29, 1.82) is 0 Å². The van der Waals surface area contributed by atoms with Gasteiger partial charge in [0.05, 0.1) is 12.2 Å². The lowest BCUT2D eigenvalue weighted by molar-refractivity contribution is 0.0695. The predicted octanol–water partition coefficient (Wildman–Crippen LogP) is 5.25. The van der Waals surface area contributed by atoms with Gasteiger partial charge in [0, 0.05) is 12.4 Å². The molecule has 0 amide bonds. The maximum atomic E-state index is 11.4. The Balaban J connectivity index is 1.54. The van der Waals surface area contributed by atoms with Crippen molar-refractivity contribution in [1.82, 2.24) is 4.98 Å². The molecule has 0 fully saturated rings. The molecule has 1 unspecified atom stereocenters. The SMILES string of the molecule is Cc1ccc(-c2ccc3c(c2)OCCC3CCc2cnccc2C(=O)O)cc1. The summed E-state index contributed by atoms with van der Waals surface area (Å²) >= 11 is 0. The minimum absolute atomic E-state index is 0.344. The summed E-state index contributed by atoms with van der Waals surface area (Å²) < 4.78 is 5.95. The molecule has 1 aliphatic rings. The molecule has 0 radical (unpaired) electrons. The summed E-state index contributed by atoms with van der Waals surface area (Å²) in [6.07, 6.45) is 5.72. The minimum Gasteiger partial charge on any atom is -0.493 e. The van der Waals surface area contributed by atoms with Crippen molar-refractivity contribution in [3.8, 4) is 16.9 Å². The fourth-order valence-corrected chi connectivity index (χ4v) is 3.85. The lowest BCUT2D eigenvalue weighted by Crippen LogP contribution is -2.15. The topological polar surface area (TPSA) is 59.4 Å². The highest BCUT2D eigenvalue weighted by atomic mass is 16.5. The summed E-state index contributed by atoms with van der Waals surface area (Å²) in [5, 5.41) is 9.37. The van der Waals surface area contributed by atoms with Crippen LogP contribution >= 0.6 is 0 Å². The van der Waals surface area contributed by atoms with E-state index in [1.165, 1.54) is 22.9 Å². The molecule has 0 aliphatic carbocycles. The number of benzene rings is 2. The summed E-state index contributed by atoms with van der Waals surface area (Å²) in [5.41, 5.74) is 5.92. The fraction of sp³-hybridized carbons (Fsp3) is 0.250. The molecule has 1 aromatic heterocycles. The second-order valence-electron chi connectivity index (χ2n) is 7.33. The molecule has 1 aliphatic heterocycles. The molecule has 4 nitrogen and oxygen atoms in total. The van der Waals surface area contributed by atoms with Crippen molar-refractivity contribution in [3.63, 3.8) is 0 Å². The maximum absolute atomic E-state index is 11.4. The van der Waals surface area contributed by atoms with Gasteiger partial charge in [-0.2, -0.15) is 0 Å². The Hall–Kier alpha value is -3.14. The molecule has 0 bridgehead atoms. The normalized spacial score (nSPS) is 15.5. The molecule has 4 rings (SSSR count). The number of rotatable bonds is 5. The van der Waals surface area contributed by atoms with Gasteiger partial charge in [-0.15, -0.1) is 0 Å². The van der Waals surface area contributed by atoms with E-state index in [0.717, 1.165) is 29.7 Å². The van der Waals surface area contributed by atoms with Crippen molar-refractivity contribution in [3.05, 3.63) is 83.2 Å². The number of fused-ring (bicyclic) bond motifs is 1. The van der Waals surface area contributed by atoms with Gasteiger partial charge in [0.15, 0.2) is 0 Å². The standard InChI is InChI=1S/C24H23NO3/c1-16-2-4-17(5-3-16)19-8-9-21-18(11-13-28-23(21)14-19)6-7-20-15-25-12-10-22(20)24(26)27/h2-5,8-10,12,14-15,18H,6-7,11,13H2,1H3,(H,26,27). The van der Waals surface area contributed by atoms with E-state index in [1.54, 1.807) is 12.3 Å². The third kappa shape index (κ3) is 3.77. The molecule has 4 heteroatoms. The third-order valence-corrected chi connectivity index (χ3v) is 5.46. The number of aromatic carboxylic acids is 1. The summed E-state index contributed by atoms with van der Waals surface area (Å²) in [4.78, 5) is 15.5. The molecular formula is C24H23NO3. The molecule has 1 atom stereocenters. The second kappa shape index (κ2) is 7.85. The summed E-state index contributed by atoms with van der Waals surface area (Å²) in [6.45, 7) is 2.77. The molecule has 0 saturated carbocycles. The Kier molecular flexibility index (Phi) is 5.11. The summed E-state index contributed by atoms with van der Waals surface area (Å²) in [7, 11) is 0. The molecule has 2 aromatic carbocycles. The molecule has 28 heavy (non-hydrogen) atoms. The van der Waals surface area contributed by atoms with Crippen LogP contribution in [0.1, 0.15) is 45.8 Å². The van der Waals surface area contributed by atoms with Gasteiger partial charge in [-0.1, -0.05) is 42.0 Å². The zero-order chi connectivity index (χ0) is 19.5. The summed E-state index contributed by atoms with van der Waals surface area (Å²) in [6, 6.07) is 16.5. The van der Waals surface area contributed by atoms with Crippen LogP contribution in [0.5, 0.6) is 5.75 Å². The number of ether oxygens (including phenoxy) is 1. The van der Waals surface area contributed by atoms with Crippen LogP contribution in [0, 0.1) is 6.92 Å². The lowest BCUT2D eigenvalue weighted by Gasteiger charge is -2.26. The van der Waals surface area contributed by atoms with Gasteiger partial charge in [0.25, 0.3) is 0 Å². The van der Waals surface area contributed by atoms with Gasteiger partial charge in [-0.25, -0.2) is 4.79 Å². The smallest absolute Gasteiger partial charge is 0.336 e. The Morgan fingerprint density at radius 2 is 1.93 bits per heavy atom. The highest BCUT2D eigenvalue weighted by Gasteiger charge is 2.22. The first-order chi connectivity index (χ1) is 13.6. The van der Waals surface area contributed by atoms with E-state index < -0.39 is 5.97 Å². The van der Waals surface area contributed by atoms with Crippen LogP contribution in [-0.2, 0) is 6.42 Å². The first-order valence-electron chi connectivity index (χ1n) is 9.62. The molecule has 3 aromatic rings. The van der Waals surface area contributed by atoms with Crippen molar-refractivity contribution >= 4 is 5.97 Å². The number of carboxylic acids is 1. The van der Waals surface area contributed by atoms with Crippen molar-refractivity contribution < 1.29 is 14.6 Å². The zero-order valence-electron chi connectivity index (χ0n) is 15.9. The fourth-order valence-electron chi connectivity index (χ4n) is 3.85. The highest BCUT2D eigenvalue weighted by molar-refractivity contribution is 5.89. The van der Waals surface area contributed by atoms with Crippen LogP contribution in [0.15, 0.2) is 60.9 Å². The zero-order valence-corrected chi connectivity index (χ0v) is 15.9. The molecule has 0 spiro atoms. The van der Waals surface area contributed by atoms with Gasteiger partial charge < -0.3 is 9.84 Å². The third-order valence-electron chi connectivity index (χ3n) is 5.46. The number of aryl methyl sites for hydroxylation is 2. The molecule has 142 valence electrons. The van der Waals surface area contributed by atoms with Crippen LogP contribution in [0.4, 0.5) is 0 Å². The molecule has 0 saturated heterocycles. The minimum atomic E-state index is -0.896. The summed E-state index contributed by atoms with van der Waals surface area (Å²) in [5.74, 6) is 0.407. The maximum Gasteiger partial charge on any atom is 0.336 e. The highest BCUT2D eigenvalue weighted by Crippen LogP contribution is 2.39. The number of hydrogen-bond donors (Lipinski definition) is 1. The van der Waals surface area contributed by atoms with E-state index in [4.69, 9.17) is 4.74 Å². The van der Waals surface area contributed by atoms with E-state index in [0.29, 0.717) is 24.5 Å². The average molecular weight is 373 g/mol. The Bertz CT molecular complexity index is 995. The monoisotopic (exact) mass is 373 g/mol. The van der Waals surface area contributed by atoms with Gasteiger partial charge in [0.1, 0.15) is 5.75 Å². The number of carbonyl (C=O) groups is 1. The number of nitrogens with zero attached hydrogens (tertiary/aromatic N) is 1. The molecular weight excluding hydrogens is 350 g/mol. The van der Waals surface area contributed by atoms with Gasteiger partial charge in [0.2, 0.25) is 0 Å². The van der Waals surface area contributed by atoms with Crippen LogP contribution < -0.4 is 4.74 Å². The van der Waals surface area contributed by atoms with Gasteiger partial charge in [-0.05, 0) is 66.5 Å². The van der Waals surface area contributed by atoms with Crippen LogP contribution in [-0.4, -0.2) is 22.7 Å².